The molecule has 0 aromatic heterocycles. The van der Waals surface area contributed by atoms with E-state index in [-0.39, 0.29) is 12.3 Å². The highest BCUT2D eigenvalue weighted by Crippen LogP contribution is 2.32. The van der Waals surface area contributed by atoms with Gasteiger partial charge in [-0.3, -0.25) is 4.79 Å². The van der Waals surface area contributed by atoms with Crippen molar-refractivity contribution < 1.29 is 14.3 Å². The number of halogens is 2. The number of benzene rings is 1. The molecule has 1 N–H and O–H groups in total. The summed E-state index contributed by atoms with van der Waals surface area (Å²) in [7, 11) is 3.08. The molecule has 0 heterocycles. The minimum Gasteiger partial charge on any atom is -0.495 e. The Bertz CT molecular complexity index is 424. The van der Waals surface area contributed by atoms with Crippen LogP contribution in [-0.2, 0) is 16.0 Å². The number of carbonyl (C=O) groups is 1. The summed E-state index contributed by atoms with van der Waals surface area (Å²) < 4.78 is 10.0. The first-order chi connectivity index (χ1) is 8.58. The van der Waals surface area contributed by atoms with Gasteiger partial charge in [-0.1, -0.05) is 23.2 Å². The van der Waals surface area contributed by atoms with E-state index < -0.39 is 0 Å². The molecule has 1 amide bonds. The van der Waals surface area contributed by atoms with Crippen LogP contribution in [0.25, 0.3) is 0 Å². The molecule has 100 valence electrons. The van der Waals surface area contributed by atoms with Gasteiger partial charge in [0.05, 0.1) is 25.2 Å². The molecule has 0 saturated heterocycles. The largest absolute Gasteiger partial charge is 0.495 e. The highest BCUT2D eigenvalue weighted by Gasteiger charge is 2.13. The average molecular weight is 292 g/mol. The number of carbonyl (C=O) groups excluding carboxylic acids is 1. The first-order valence-electron chi connectivity index (χ1n) is 5.36. The van der Waals surface area contributed by atoms with Gasteiger partial charge in [-0.15, -0.1) is 0 Å². The van der Waals surface area contributed by atoms with Crippen LogP contribution >= 0.6 is 23.2 Å². The van der Waals surface area contributed by atoms with Crippen molar-refractivity contribution in [1.29, 1.82) is 0 Å². The molecule has 0 aliphatic heterocycles. The molecule has 0 aliphatic rings. The van der Waals surface area contributed by atoms with Crippen molar-refractivity contribution in [3.63, 3.8) is 0 Å². The van der Waals surface area contributed by atoms with Crippen LogP contribution in [0.1, 0.15) is 5.56 Å². The quantitative estimate of drug-likeness (QED) is 0.818. The lowest BCUT2D eigenvalue weighted by atomic mass is 10.1. The normalized spacial score (nSPS) is 10.2. The molecule has 0 fully saturated rings. The van der Waals surface area contributed by atoms with Gasteiger partial charge in [0.15, 0.2) is 0 Å². The Morgan fingerprint density at radius 3 is 2.67 bits per heavy atom. The van der Waals surface area contributed by atoms with Gasteiger partial charge in [-0.2, -0.15) is 0 Å². The van der Waals surface area contributed by atoms with Crippen molar-refractivity contribution in [3.8, 4) is 5.75 Å². The van der Waals surface area contributed by atoms with Gasteiger partial charge in [-0.05, 0) is 12.1 Å². The van der Waals surface area contributed by atoms with E-state index in [4.69, 9.17) is 32.7 Å². The molecule has 0 spiro atoms. The van der Waals surface area contributed by atoms with Crippen molar-refractivity contribution in [2.45, 2.75) is 6.42 Å². The third-order valence-corrected chi connectivity index (χ3v) is 2.77. The monoisotopic (exact) mass is 291 g/mol. The van der Waals surface area contributed by atoms with Crippen LogP contribution in [0.5, 0.6) is 5.75 Å². The SMILES string of the molecule is COCCNC(=O)Cc1cc(Cl)cc(Cl)c1OC. The Balaban J connectivity index is 2.74. The van der Waals surface area contributed by atoms with Crippen LogP contribution in [0.15, 0.2) is 12.1 Å². The second-order valence-electron chi connectivity index (χ2n) is 3.60. The summed E-state index contributed by atoms with van der Waals surface area (Å²) in [6.07, 6.45) is 0.160. The van der Waals surface area contributed by atoms with Crippen molar-refractivity contribution >= 4 is 29.1 Å². The van der Waals surface area contributed by atoms with E-state index >= 15 is 0 Å². The van der Waals surface area contributed by atoms with E-state index in [9.17, 15) is 4.79 Å². The minimum atomic E-state index is -0.135. The third-order valence-electron chi connectivity index (χ3n) is 2.27. The fraction of sp³-hybridized carbons (Fsp3) is 0.417. The van der Waals surface area contributed by atoms with E-state index in [0.29, 0.717) is 34.5 Å². The molecule has 0 saturated carbocycles. The number of methoxy groups -OCH3 is 2. The maximum absolute atomic E-state index is 11.7. The van der Waals surface area contributed by atoms with E-state index in [1.165, 1.54) is 7.11 Å². The number of nitrogens with one attached hydrogen (secondary N) is 1. The predicted molar refractivity (Wildman–Crippen MR) is 71.6 cm³/mol. The van der Waals surface area contributed by atoms with E-state index in [1.807, 2.05) is 0 Å². The Hall–Kier alpha value is -0.970. The zero-order valence-electron chi connectivity index (χ0n) is 10.3. The Kier molecular flexibility index (Phi) is 6.25. The predicted octanol–water partition coefficient (Wildman–Crippen LogP) is 2.31. The smallest absolute Gasteiger partial charge is 0.224 e. The zero-order valence-corrected chi connectivity index (χ0v) is 11.8. The molecular weight excluding hydrogens is 277 g/mol. The number of amides is 1. The molecule has 4 nitrogen and oxygen atoms in total. The van der Waals surface area contributed by atoms with E-state index in [2.05, 4.69) is 5.32 Å². The average Bonchev–Trinajstić information content (AvgIpc) is 2.28. The molecule has 6 heteroatoms. The van der Waals surface area contributed by atoms with Crippen LogP contribution in [0, 0.1) is 0 Å². The molecule has 1 rings (SSSR count). The highest BCUT2D eigenvalue weighted by atomic mass is 35.5. The van der Waals surface area contributed by atoms with Crippen LogP contribution in [-0.4, -0.2) is 33.3 Å². The Morgan fingerprint density at radius 2 is 2.06 bits per heavy atom. The first kappa shape index (κ1) is 15.1. The summed E-state index contributed by atoms with van der Waals surface area (Å²) >= 11 is 11.9. The second kappa shape index (κ2) is 7.46. The molecule has 0 bridgehead atoms. The van der Waals surface area contributed by atoms with E-state index in [0.717, 1.165) is 0 Å². The van der Waals surface area contributed by atoms with Gasteiger partial charge in [-0.25, -0.2) is 0 Å². The van der Waals surface area contributed by atoms with Crippen LogP contribution in [0.2, 0.25) is 10.0 Å². The van der Waals surface area contributed by atoms with Gasteiger partial charge >= 0.3 is 0 Å². The Labute approximate surface area is 116 Å². The van der Waals surface area contributed by atoms with Crippen molar-refractivity contribution in [3.05, 3.63) is 27.7 Å². The summed E-state index contributed by atoms with van der Waals surface area (Å²) in [6.45, 7) is 0.936. The zero-order chi connectivity index (χ0) is 13.5. The molecule has 0 aliphatic carbocycles. The molecule has 1 aromatic rings. The first-order valence-corrected chi connectivity index (χ1v) is 6.11. The van der Waals surface area contributed by atoms with Gasteiger partial charge in [0.2, 0.25) is 5.91 Å². The van der Waals surface area contributed by atoms with Gasteiger partial charge in [0.1, 0.15) is 5.75 Å². The van der Waals surface area contributed by atoms with Crippen LogP contribution in [0.3, 0.4) is 0 Å². The topological polar surface area (TPSA) is 47.6 Å². The third kappa shape index (κ3) is 4.37. The van der Waals surface area contributed by atoms with Gasteiger partial charge < -0.3 is 14.8 Å². The second-order valence-corrected chi connectivity index (χ2v) is 4.44. The molecule has 0 radical (unpaired) electrons. The van der Waals surface area contributed by atoms with E-state index in [1.54, 1.807) is 19.2 Å². The van der Waals surface area contributed by atoms with Gasteiger partial charge in [0, 0.05) is 24.2 Å². The van der Waals surface area contributed by atoms with Crippen molar-refractivity contribution in [1.82, 2.24) is 5.32 Å². The summed E-state index contributed by atoms with van der Waals surface area (Å²) in [4.78, 5) is 11.7. The number of hydrogen-bond acceptors (Lipinski definition) is 3. The fourth-order valence-corrected chi connectivity index (χ4v) is 2.11. The summed E-state index contributed by atoms with van der Waals surface area (Å²) in [6, 6.07) is 3.25. The molecule has 1 aromatic carbocycles. The van der Waals surface area contributed by atoms with Gasteiger partial charge in [0.25, 0.3) is 0 Å². The lowest BCUT2D eigenvalue weighted by Gasteiger charge is -2.11. The fourth-order valence-electron chi connectivity index (χ4n) is 1.50. The Morgan fingerprint density at radius 1 is 1.33 bits per heavy atom. The molecule has 18 heavy (non-hydrogen) atoms. The maximum atomic E-state index is 11.7. The van der Waals surface area contributed by atoms with Crippen molar-refractivity contribution in [2.75, 3.05) is 27.4 Å². The standard InChI is InChI=1S/C12H15Cl2NO3/c1-17-4-3-15-11(16)6-8-5-9(13)7-10(14)12(8)18-2/h5,7H,3-4,6H2,1-2H3,(H,15,16). The number of hydrogen-bond donors (Lipinski definition) is 1. The summed E-state index contributed by atoms with van der Waals surface area (Å²) in [5, 5.41) is 3.58. The lowest BCUT2D eigenvalue weighted by molar-refractivity contribution is -0.120. The molecular formula is C12H15Cl2NO3. The molecule has 0 unspecified atom stereocenters. The van der Waals surface area contributed by atoms with Crippen LogP contribution in [0.4, 0.5) is 0 Å². The minimum absolute atomic E-state index is 0.135. The highest BCUT2D eigenvalue weighted by molar-refractivity contribution is 6.35. The number of rotatable bonds is 6. The number of ether oxygens (including phenoxy) is 2. The summed E-state index contributed by atoms with van der Waals surface area (Å²) in [5.74, 6) is 0.339. The summed E-state index contributed by atoms with van der Waals surface area (Å²) in [5.41, 5.74) is 0.657. The van der Waals surface area contributed by atoms with Crippen molar-refractivity contribution in [2.24, 2.45) is 0 Å². The molecule has 0 atom stereocenters. The lowest BCUT2D eigenvalue weighted by Crippen LogP contribution is -2.28. The van der Waals surface area contributed by atoms with Crippen LogP contribution < -0.4 is 10.1 Å². The maximum Gasteiger partial charge on any atom is 0.224 e.